The molecule has 3 heterocycles. The molecule has 10 heteroatoms. The van der Waals surface area contributed by atoms with Crippen molar-refractivity contribution >= 4 is 45.2 Å². The number of anilines is 1. The lowest BCUT2D eigenvalue weighted by Gasteiger charge is -2.40. The fraction of sp³-hybridized carbons (Fsp3) is 0.273. The van der Waals surface area contributed by atoms with Gasteiger partial charge in [0.15, 0.2) is 0 Å². The second-order valence-corrected chi connectivity index (χ2v) is 9.52. The average Bonchev–Trinajstić information content (AvgIpc) is 3.29. The van der Waals surface area contributed by atoms with Gasteiger partial charge in [-0.2, -0.15) is 4.52 Å². The number of aromatic hydroxyl groups is 1. The van der Waals surface area contributed by atoms with E-state index in [1.54, 1.807) is 25.1 Å². The van der Waals surface area contributed by atoms with Gasteiger partial charge in [0.25, 0.3) is 0 Å². The second kappa shape index (κ2) is 8.51. The van der Waals surface area contributed by atoms with E-state index < -0.39 is 0 Å². The number of rotatable bonds is 4. The van der Waals surface area contributed by atoms with Crippen molar-refractivity contribution in [2.75, 3.05) is 31.1 Å². The van der Waals surface area contributed by atoms with Gasteiger partial charge in [0.05, 0.1) is 26.7 Å². The number of fused-ring (bicyclic) bond motifs is 1. The minimum Gasteiger partial charge on any atom is -0.492 e. The second-order valence-electron chi connectivity index (χ2n) is 7.69. The molecule has 1 aliphatic heterocycles. The Morgan fingerprint density at radius 2 is 1.81 bits per heavy atom. The summed E-state index contributed by atoms with van der Waals surface area (Å²) in [5.74, 6) is 0.446. The summed E-state index contributed by atoms with van der Waals surface area (Å²) in [7, 11) is 0. The highest BCUT2D eigenvalue weighted by Crippen LogP contribution is 2.41. The first kappa shape index (κ1) is 21.5. The smallest absolute Gasteiger partial charge is 0.230 e. The molecule has 5 rings (SSSR count). The van der Waals surface area contributed by atoms with Crippen LogP contribution >= 0.6 is 34.5 Å². The number of hydrogen-bond acceptors (Lipinski definition) is 6. The predicted molar refractivity (Wildman–Crippen MR) is 126 cm³/mol. The summed E-state index contributed by atoms with van der Waals surface area (Å²) in [5.41, 5.74) is 1.52. The molecule has 0 radical (unpaired) electrons. The number of hydrogen-bond donors (Lipinski definition) is 1. The standard InChI is InChI=1S/C22H20Cl2FN5OS/c1-13-26-22-30(27-13)21(31)20(32-22)19(14-6-7-15(23)16(24)12-14)29-10-8-28(9-11-29)18-5-3-2-4-17(18)25/h2-7,12,19,31H,8-11H2,1H3. The molecule has 0 bridgehead atoms. The minimum absolute atomic E-state index is 0.0678. The van der Waals surface area contributed by atoms with E-state index in [4.69, 9.17) is 23.2 Å². The van der Waals surface area contributed by atoms with Gasteiger partial charge >= 0.3 is 0 Å². The van der Waals surface area contributed by atoms with Crippen LogP contribution < -0.4 is 4.90 Å². The molecule has 166 valence electrons. The largest absolute Gasteiger partial charge is 0.492 e. The average molecular weight is 492 g/mol. The molecule has 0 saturated carbocycles. The molecule has 1 saturated heterocycles. The molecule has 1 aliphatic rings. The Labute approximate surface area is 198 Å². The van der Waals surface area contributed by atoms with Crippen LogP contribution in [0.25, 0.3) is 4.96 Å². The highest BCUT2D eigenvalue weighted by atomic mass is 35.5. The van der Waals surface area contributed by atoms with Crippen molar-refractivity contribution in [3.8, 4) is 5.88 Å². The molecule has 32 heavy (non-hydrogen) atoms. The zero-order valence-electron chi connectivity index (χ0n) is 17.2. The number of halogens is 3. The maximum Gasteiger partial charge on any atom is 0.230 e. The third-order valence-electron chi connectivity index (χ3n) is 5.69. The van der Waals surface area contributed by atoms with Crippen LogP contribution in [0.2, 0.25) is 10.0 Å². The Bertz CT molecular complexity index is 1280. The maximum atomic E-state index is 14.3. The summed E-state index contributed by atoms with van der Waals surface area (Å²) in [6.45, 7) is 4.44. The normalized spacial score (nSPS) is 16.1. The maximum absolute atomic E-state index is 14.3. The van der Waals surface area contributed by atoms with Gasteiger partial charge in [0.2, 0.25) is 10.8 Å². The van der Waals surface area contributed by atoms with Crippen molar-refractivity contribution in [2.45, 2.75) is 13.0 Å². The first-order chi connectivity index (χ1) is 15.4. The van der Waals surface area contributed by atoms with E-state index in [9.17, 15) is 9.50 Å². The summed E-state index contributed by atoms with van der Waals surface area (Å²) in [6.07, 6.45) is 0. The molecule has 2 aromatic carbocycles. The molecule has 1 unspecified atom stereocenters. The van der Waals surface area contributed by atoms with Gasteiger partial charge in [-0.05, 0) is 36.8 Å². The number of thiazole rings is 1. The van der Waals surface area contributed by atoms with Gasteiger partial charge in [0, 0.05) is 26.2 Å². The lowest BCUT2D eigenvalue weighted by molar-refractivity contribution is 0.210. The van der Waals surface area contributed by atoms with Crippen LogP contribution in [-0.4, -0.2) is 50.8 Å². The Kier molecular flexibility index (Phi) is 5.71. The molecular formula is C22H20Cl2FN5OS. The Balaban J connectivity index is 1.50. The fourth-order valence-electron chi connectivity index (χ4n) is 4.17. The van der Waals surface area contributed by atoms with Crippen molar-refractivity contribution in [3.63, 3.8) is 0 Å². The molecule has 0 amide bonds. The van der Waals surface area contributed by atoms with Crippen LogP contribution in [-0.2, 0) is 0 Å². The van der Waals surface area contributed by atoms with Crippen molar-refractivity contribution in [1.82, 2.24) is 19.5 Å². The molecule has 0 spiro atoms. The lowest BCUT2D eigenvalue weighted by atomic mass is 10.0. The van der Waals surface area contributed by atoms with Gasteiger partial charge in [-0.15, -0.1) is 5.10 Å². The Morgan fingerprint density at radius 3 is 2.50 bits per heavy atom. The van der Waals surface area contributed by atoms with Crippen molar-refractivity contribution in [3.05, 3.63) is 74.6 Å². The van der Waals surface area contributed by atoms with Gasteiger partial charge in [-0.1, -0.05) is 52.7 Å². The molecule has 6 nitrogen and oxygen atoms in total. The zero-order chi connectivity index (χ0) is 22.4. The van der Waals surface area contributed by atoms with E-state index in [0.29, 0.717) is 52.7 Å². The van der Waals surface area contributed by atoms with Crippen molar-refractivity contribution in [1.29, 1.82) is 0 Å². The van der Waals surface area contributed by atoms with Gasteiger partial charge < -0.3 is 10.0 Å². The Hall–Kier alpha value is -2.39. The van der Waals surface area contributed by atoms with E-state index >= 15 is 0 Å². The quantitative estimate of drug-likeness (QED) is 0.427. The summed E-state index contributed by atoms with van der Waals surface area (Å²) in [5, 5.41) is 16.2. The molecule has 1 N–H and O–H groups in total. The van der Waals surface area contributed by atoms with Gasteiger partial charge in [-0.3, -0.25) is 4.90 Å². The van der Waals surface area contributed by atoms with Crippen LogP contribution in [0.5, 0.6) is 5.88 Å². The van der Waals surface area contributed by atoms with E-state index in [-0.39, 0.29) is 17.7 Å². The van der Waals surface area contributed by atoms with Crippen LogP contribution in [0.15, 0.2) is 42.5 Å². The lowest BCUT2D eigenvalue weighted by Crippen LogP contribution is -2.48. The highest BCUT2D eigenvalue weighted by Gasteiger charge is 2.32. The molecule has 1 atom stereocenters. The van der Waals surface area contributed by atoms with Gasteiger partial charge in [-0.25, -0.2) is 9.37 Å². The first-order valence-corrected chi connectivity index (χ1v) is 11.7. The van der Waals surface area contributed by atoms with Crippen molar-refractivity contribution in [2.24, 2.45) is 0 Å². The van der Waals surface area contributed by atoms with Crippen LogP contribution in [0.3, 0.4) is 0 Å². The topological polar surface area (TPSA) is 56.9 Å². The number of piperazine rings is 1. The van der Waals surface area contributed by atoms with Crippen LogP contribution in [0.4, 0.5) is 10.1 Å². The predicted octanol–water partition coefficient (Wildman–Crippen LogP) is 5.16. The first-order valence-electron chi connectivity index (χ1n) is 10.2. The fourth-order valence-corrected chi connectivity index (χ4v) is 5.64. The number of nitrogens with zero attached hydrogens (tertiary/aromatic N) is 5. The van der Waals surface area contributed by atoms with Crippen LogP contribution in [0.1, 0.15) is 22.3 Å². The zero-order valence-corrected chi connectivity index (χ0v) is 19.5. The van der Waals surface area contributed by atoms with E-state index in [1.165, 1.54) is 21.9 Å². The van der Waals surface area contributed by atoms with E-state index in [1.807, 2.05) is 23.1 Å². The molecule has 1 fully saturated rings. The number of benzene rings is 2. The summed E-state index contributed by atoms with van der Waals surface area (Å²) >= 11 is 13.9. The summed E-state index contributed by atoms with van der Waals surface area (Å²) < 4.78 is 15.7. The number of aromatic nitrogens is 3. The number of para-hydroxylation sites is 1. The molecule has 4 aromatic rings. The monoisotopic (exact) mass is 491 g/mol. The van der Waals surface area contributed by atoms with Crippen molar-refractivity contribution < 1.29 is 9.50 Å². The third kappa shape index (κ3) is 3.81. The molecule has 2 aromatic heterocycles. The summed E-state index contributed by atoms with van der Waals surface area (Å²) in [4.78, 5) is 10.1. The third-order valence-corrected chi connectivity index (χ3v) is 7.50. The SMILES string of the molecule is Cc1nc2sc(C(c3ccc(Cl)c(Cl)c3)N3CCN(c4ccccc4F)CC3)c(O)n2n1. The van der Waals surface area contributed by atoms with E-state index in [0.717, 1.165) is 10.4 Å². The van der Waals surface area contributed by atoms with Gasteiger partial charge in [0.1, 0.15) is 11.6 Å². The number of aryl methyl sites for hydroxylation is 1. The Morgan fingerprint density at radius 1 is 1.06 bits per heavy atom. The highest BCUT2D eigenvalue weighted by molar-refractivity contribution is 7.17. The molecule has 0 aliphatic carbocycles. The van der Waals surface area contributed by atoms with Crippen LogP contribution in [0, 0.1) is 12.7 Å². The minimum atomic E-state index is -0.263. The molecular weight excluding hydrogens is 472 g/mol. The summed E-state index contributed by atoms with van der Waals surface area (Å²) in [6, 6.07) is 12.1. The van der Waals surface area contributed by atoms with E-state index in [2.05, 4.69) is 15.0 Å².